The van der Waals surface area contributed by atoms with Gasteiger partial charge in [-0.3, -0.25) is 9.20 Å². The molecule has 36 heavy (non-hydrogen) atoms. The normalized spacial score (nSPS) is 13.2. The second-order valence-corrected chi connectivity index (χ2v) is 9.45. The first kappa shape index (κ1) is 22.2. The fraction of sp³-hybridized carbons (Fsp3) is 0.154. The van der Waals surface area contributed by atoms with Gasteiger partial charge in [0, 0.05) is 22.7 Å². The van der Waals surface area contributed by atoms with E-state index < -0.39 is 5.25 Å². The van der Waals surface area contributed by atoms with Gasteiger partial charge < -0.3 is 19.5 Å². The van der Waals surface area contributed by atoms with Crippen molar-refractivity contribution in [3.63, 3.8) is 0 Å². The van der Waals surface area contributed by atoms with Crippen LogP contribution in [0.5, 0.6) is 17.2 Å². The van der Waals surface area contributed by atoms with Crippen molar-refractivity contribution in [1.29, 1.82) is 0 Å². The minimum Gasteiger partial charge on any atom is -0.497 e. The molecule has 0 unspecified atom stereocenters. The number of nitrogens with one attached hydrogen (secondary N) is 1. The van der Waals surface area contributed by atoms with Crippen LogP contribution in [0.1, 0.15) is 6.92 Å². The van der Waals surface area contributed by atoms with Crippen molar-refractivity contribution in [2.75, 3.05) is 19.2 Å². The summed E-state index contributed by atoms with van der Waals surface area (Å²) in [7, 11) is 1.63. The topological polar surface area (TPSA) is 99.9 Å². The SMILES string of the molecule is COc1ccc(-c2nc3ccccc3c3nnc(S[C@H](C)C(=O)Nc4ccc5c(c4)OCO5)n23)cc1. The van der Waals surface area contributed by atoms with E-state index in [-0.39, 0.29) is 12.7 Å². The molecule has 9 nitrogen and oxygen atoms in total. The van der Waals surface area contributed by atoms with E-state index in [0.717, 1.165) is 22.2 Å². The van der Waals surface area contributed by atoms with Gasteiger partial charge in [-0.25, -0.2) is 4.98 Å². The average molecular weight is 500 g/mol. The predicted octanol–water partition coefficient (Wildman–Crippen LogP) is 4.80. The number of rotatable bonds is 6. The summed E-state index contributed by atoms with van der Waals surface area (Å²) < 4.78 is 18.0. The van der Waals surface area contributed by atoms with Crippen LogP contribution in [0.25, 0.3) is 27.9 Å². The minimum absolute atomic E-state index is 0.171. The number of anilines is 1. The van der Waals surface area contributed by atoms with Crippen LogP contribution in [0.15, 0.2) is 71.9 Å². The summed E-state index contributed by atoms with van der Waals surface area (Å²) >= 11 is 1.31. The third kappa shape index (κ3) is 3.95. The maximum absolute atomic E-state index is 13.0. The Labute approximate surface area is 210 Å². The van der Waals surface area contributed by atoms with Crippen molar-refractivity contribution < 1.29 is 19.0 Å². The van der Waals surface area contributed by atoms with Crippen molar-refractivity contribution >= 4 is 39.9 Å². The van der Waals surface area contributed by atoms with Gasteiger partial charge in [-0.1, -0.05) is 23.9 Å². The quantitative estimate of drug-likeness (QED) is 0.333. The molecule has 1 aliphatic heterocycles. The van der Waals surface area contributed by atoms with Crippen LogP contribution < -0.4 is 19.5 Å². The lowest BCUT2D eigenvalue weighted by Crippen LogP contribution is -2.22. The third-order valence-electron chi connectivity index (χ3n) is 5.86. The van der Waals surface area contributed by atoms with Crippen molar-refractivity contribution in [1.82, 2.24) is 19.6 Å². The summed E-state index contributed by atoms with van der Waals surface area (Å²) in [6.45, 7) is 2.01. The van der Waals surface area contributed by atoms with E-state index in [1.165, 1.54) is 11.8 Å². The van der Waals surface area contributed by atoms with E-state index >= 15 is 0 Å². The van der Waals surface area contributed by atoms with Gasteiger partial charge in [0.25, 0.3) is 0 Å². The molecular formula is C26H21N5O4S. The standard InChI is InChI=1S/C26H21N5O4S/c1-15(25(32)27-17-9-12-21-22(13-17)35-14-34-21)36-26-30-29-24-19-5-3-4-6-20(19)28-23(31(24)26)16-7-10-18(33-2)11-8-16/h3-13,15H,14H2,1-2H3,(H,27,32)/t15-/m1/s1. The van der Waals surface area contributed by atoms with Gasteiger partial charge in [-0.2, -0.15) is 0 Å². The number of ether oxygens (including phenoxy) is 3. The fourth-order valence-corrected chi connectivity index (χ4v) is 4.85. The van der Waals surface area contributed by atoms with Crippen molar-refractivity contribution in [3.8, 4) is 28.6 Å². The van der Waals surface area contributed by atoms with Gasteiger partial charge in [-0.15, -0.1) is 10.2 Å². The van der Waals surface area contributed by atoms with Crippen LogP contribution >= 0.6 is 11.8 Å². The van der Waals surface area contributed by atoms with Gasteiger partial charge in [0.1, 0.15) is 11.6 Å². The summed E-state index contributed by atoms with van der Waals surface area (Å²) in [5.41, 5.74) is 3.01. The molecule has 0 spiro atoms. The number of carbonyl (C=O) groups excluding carboxylic acids is 1. The zero-order chi connectivity index (χ0) is 24.6. The van der Waals surface area contributed by atoms with Crippen LogP contribution in [-0.4, -0.2) is 44.6 Å². The lowest BCUT2D eigenvalue weighted by atomic mass is 10.1. The fourth-order valence-electron chi connectivity index (χ4n) is 4.00. The van der Waals surface area contributed by atoms with Crippen molar-refractivity contribution in [2.45, 2.75) is 17.3 Å². The summed E-state index contributed by atoms with van der Waals surface area (Å²) in [6, 6.07) is 20.8. The first-order valence-corrected chi connectivity index (χ1v) is 12.1. The highest BCUT2D eigenvalue weighted by Gasteiger charge is 2.22. The molecule has 1 aliphatic rings. The Balaban J connectivity index is 1.35. The molecule has 2 aromatic heterocycles. The molecule has 10 heteroatoms. The van der Waals surface area contributed by atoms with Gasteiger partial charge in [0.2, 0.25) is 12.7 Å². The second-order valence-electron chi connectivity index (χ2n) is 8.14. The lowest BCUT2D eigenvalue weighted by Gasteiger charge is -2.13. The molecule has 3 heterocycles. The summed E-state index contributed by atoms with van der Waals surface area (Å²) in [5.74, 6) is 2.54. The second kappa shape index (κ2) is 9.04. The number of benzene rings is 3. The van der Waals surface area contributed by atoms with E-state index in [9.17, 15) is 4.79 Å². The Hall–Kier alpha value is -4.31. The van der Waals surface area contributed by atoms with Gasteiger partial charge in [0.15, 0.2) is 22.3 Å². The smallest absolute Gasteiger partial charge is 0.237 e. The van der Waals surface area contributed by atoms with E-state index in [4.69, 9.17) is 19.2 Å². The number of hydrogen-bond acceptors (Lipinski definition) is 8. The molecule has 1 atom stereocenters. The van der Waals surface area contributed by atoms with Gasteiger partial charge in [0.05, 0.1) is 17.9 Å². The number of aromatic nitrogens is 4. The minimum atomic E-state index is -0.460. The molecule has 0 radical (unpaired) electrons. The maximum atomic E-state index is 13.0. The average Bonchev–Trinajstić information content (AvgIpc) is 3.55. The summed E-state index contributed by atoms with van der Waals surface area (Å²) in [4.78, 5) is 17.9. The molecule has 0 saturated carbocycles. The van der Waals surface area contributed by atoms with Crippen LogP contribution in [0.2, 0.25) is 0 Å². The van der Waals surface area contributed by atoms with Crippen LogP contribution in [0.3, 0.4) is 0 Å². The Kier molecular flexibility index (Phi) is 5.57. The molecule has 0 fully saturated rings. The molecule has 1 amide bonds. The number of thioether (sulfide) groups is 1. The van der Waals surface area contributed by atoms with E-state index in [0.29, 0.717) is 33.8 Å². The van der Waals surface area contributed by atoms with Crippen molar-refractivity contribution in [3.05, 3.63) is 66.7 Å². The molecule has 0 saturated heterocycles. The number of nitrogens with zero attached hydrogens (tertiary/aromatic N) is 4. The Morgan fingerprint density at radius 1 is 1.06 bits per heavy atom. The number of methoxy groups -OCH3 is 1. The van der Waals surface area contributed by atoms with Crippen LogP contribution in [0.4, 0.5) is 5.69 Å². The number of para-hydroxylation sites is 1. The summed E-state index contributed by atoms with van der Waals surface area (Å²) in [5, 5.41) is 12.8. The van der Waals surface area contributed by atoms with E-state index in [2.05, 4.69) is 15.5 Å². The molecule has 180 valence electrons. The highest BCUT2D eigenvalue weighted by Crippen LogP contribution is 2.35. The molecule has 1 N–H and O–H groups in total. The third-order valence-corrected chi connectivity index (χ3v) is 6.90. The molecule has 6 rings (SSSR count). The first-order chi connectivity index (χ1) is 17.6. The summed E-state index contributed by atoms with van der Waals surface area (Å²) in [6.07, 6.45) is 0. The Bertz CT molecular complexity index is 1600. The highest BCUT2D eigenvalue weighted by atomic mass is 32.2. The molecule has 5 aromatic rings. The van der Waals surface area contributed by atoms with Crippen LogP contribution in [-0.2, 0) is 4.79 Å². The molecule has 0 aliphatic carbocycles. The monoisotopic (exact) mass is 499 g/mol. The molecule has 0 bridgehead atoms. The van der Waals surface area contributed by atoms with Crippen LogP contribution in [0, 0.1) is 0 Å². The Morgan fingerprint density at radius 2 is 1.86 bits per heavy atom. The molecular weight excluding hydrogens is 478 g/mol. The number of fused-ring (bicyclic) bond motifs is 4. The van der Waals surface area contributed by atoms with Gasteiger partial charge in [-0.05, 0) is 55.5 Å². The maximum Gasteiger partial charge on any atom is 0.237 e. The zero-order valence-corrected chi connectivity index (χ0v) is 20.3. The van der Waals surface area contributed by atoms with E-state index in [1.807, 2.05) is 59.9 Å². The Morgan fingerprint density at radius 3 is 2.69 bits per heavy atom. The predicted molar refractivity (Wildman–Crippen MR) is 137 cm³/mol. The van der Waals surface area contributed by atoms with Gasteiger partial charge >= 0.3 is 0 Å². The number of amides is 1. The number of carbonyl (C=O) groups is 1. The number of hydrogen-bond donors (Lipinski definition) is 1. The van der Waals surface area contributed by atoms with E-state index in [1.54, 1.807) is 25.3 Å². The van der Waals surface area contributed by atoms with Crippen molar-refractivity contribution in [2.24, 2.45) is 0 Å². The molecule has 3 aromatic carbocycles. The largest absolute Gasteiger partial charge is 0.497 e. The zero-order valence-electron chi connectivity index (χ0n) is 19.5. The highest BCUT2D eigenvalue weighted by molar-refractivity contribution is 8.00. The lowest BCUT2D eigenvalue weighted by molar-refractivity contribution is -0.115. The first-order valence-electron chi connectivity index (χ1n) is 11.3.